The first-order valence-electron chi connectivity index (χ1n) is 5.53. The maximum atomic E-state index is 10.8. The van der Waals surface area contributed by atoms with Gasteiger partial charge in [-0.3, -0.25) is 4.79 Å². The largest absolute Gasteiger partial charge is 0.469 e. The molecule has 15 heavy (non-hydrogen) atoms. The van der Waals surface area contributed by atoms with Crippen molar-refractivity contribution in [1.29, 1.82) is 0 Å². The lowest BCUT2D eigenvalue weighted by atomic mass is 9.86. The Kier molecular flexibility index (Phi) is 5.47. The molecule has 0 radical (unpaired) electrons. The van der Waals surface area contributed by atoms with Crippen molar-refractivity contribution in [1.82, 2.24) is 0 Å². The predicted molar refractivity (Wildman–Crippen MR) is 62.0 cm³/mol. The monoisotopic (exact) mass is 232 g/mol. The zero-order valence-corrected chi connectivity index (χ0v) is 10.1. The maximum absolute atomic E-state index is 10.8. The van der Waals surface area contributed by atoms with Crippen molar-refractivity contribution >= 4 is 17.7 Å². The molecule has 3 nitrogen and oxygen atoms in total. The second-order valence-corrected chi connectivity index (χ2v) is 5.27. The van der Waals surface area contributed by atoms with Crippen LogP contribution in [0.5, 0.6) is 0 Å². The van der Waals surface area contributed by atoms with Gasteiger partial charge in [0.25, 0.3) is 0 Å². The molecule has 0 aromatic heterocycles. The lowest BCUT2D eigenvalue weighted by Gasteiger charge is -2.31. The summed E-state index contributed by atoms with van der Waals surface area (Å²) in [5.41, 5.74) is -0.473. The summed E-state index contributed by atoms with van der Waals surface area (Å²) in [6.45, 7) is 0. The van der Waals surface area contributed by atoms with E-state index in [1.807, 2.05) is 0 Å². The summed E-state index contributed by atoms with van der Waals surface area (Å²) in [5.74, 6) is 1.33. The van der Waals surface area contributed by atoms with Gasteiger partial charge in [0.1, 0.15) is 0 Å². The molecule has 0 spiro atoms. The minimum atomic E-state index is -0.473. The van der Waals surface area contributed by atoms with Gasteiger partial charge >= 0.3 is 5.97 Å². The van der Waals surface area contributed by atoms with Crippen molar-refractivity contribution < 1.29 is 14.6 Å². The molecule has 0 amide bonds. The molecule has 1 fully saturated rings. The molecule has 0 unspecified atom stereocenters. The second-order valence-electron chi connectivity index (χ2n) is 4.16. The van der Waals surface area contributed by atoms with E-state index >= 15 is 0 Å². The summed E-state index contributed by atoms with van der Waals surface area (Å²) in [5, 5.41) is 10.2. The molecule has 4 heteroatoms. The van der Waals surface area contributed by atoms with E-state index < -0.39 is 5.60 Å². The lowest BCUT2D eigenvalue weighted by Crippen LogP contribution is -2.34. The molecule has 0 bridgehead atoms. The summed E-state index contributed by atoms with van der Waals surface area (Å²) in [6, 6.07) is 0. The number of carbonyl (C=O) groups is 1. The summed E-state index contributed by atoms with van der Waals surface area (Å²) < 4.78 is 4.55. The van der Waals surface area contributed by atoms with Crippen LogP contribution >= 0.6 is 11.8 Å². The molecule has 0 atom stereocenters. The molecule has 0 aliphatic heterocycles. The zero-order chi connectivity index (χ0) is 11.1. The Morgan fingerprint density at radius 2 is 2.07 bits per heavy atom. The van der Waals surface area contributed by atoms with Crippen LogP contribution in [0.15, 0.2) is 0 Å². The van der Waals surface area contributed by atoms with Crippen molar-refractivity contribution in [3.63, 3.8) is 0 Å². The van der Waals surface area contributed by atoms with Crippen LogP contribution in [0, 0.1) is 0 Å². The fraction of sp³-hybridized carbons (Fsp3) is 0.909. The van der Waals surface area contributed by atoms with Gasteiger partial charge in [-0.25, -0.2) is 0 Å². The average Bonchev–Trinajstić information content (AvgIpc) is 2.25. The van der Waals surface area contributed by atoms with E-state index in [2.05, 4.69) is 4.74 Å². The first kappa shape index (κ1) is 12.8. The first-order valence-corrected chi connectivity index (χ1v) is 6.69. The van der Waals surface area contributed by atoms with E-state index in [1.54, 1.807) is 11.8 Å². The zero-order valence-electron chi connectivity index (χ0n) is 9.33. The third-order valence-corrected chi connectivity index (χ3v) is 4.07. The van der Waals surface area contributed by atoms with Crippen LogP contribution in [0.25, 0.3) is 0 Å². The SMILES string of the molecule is COC(=O)CCSCC1(O)CCCCC1. The molecule has 0 heterocycles. The normalized spacial score (nSPS) is 19.9. The van der Waals surface area contributed by atoms with E-state index in [0.29, 0.717) is 6.42 Å². The smallest absolute Gasteiger partial charge is 0.306 e. The van der Waals surface area contributed by atoms with Gasteiger partial charge in [0.05, 0.1) is 19.1 Å². The summed E-state index contributed by atoms with van der Waals surface area (Å²) in [7, 11) is 1.40. The van der Waals surface area contributed by atoms with Gasteiger partial charge < -0.3 is 9.84 Å². The van der Waals surface area contributed by atoms with Crippen LogP contribution in [0.3, 0.4) is 0 Å². The molecule has 0 aromatic carbocycles. The van der Waals surface area contributed by atoms with E-state index in [4.69, 9.17) is 0 Å². The number of rotatable bonds is 5. The Bertz CT molecular complexity index is 200. The molecular weight excluding hydrogens is 212 g/mol. The Balaban J connectivity index is 2.10. The van der Waals surface area contributed by atoms with Crippen molar-refractivity contribution in [3.8, 4) is 0 Å². The van der Waals surface area contributed by atoms with Gasteiger partial charge in [-0.05, 0) is 12.8 Å². The third-order valence-electron chi connectivity index (χ3n) is 2.83. The number of thioether (sulfide) groups is 1. The Labute approximate surface area is 95.6 Å². The van der Waals surface area contributed by atoms with Crippen molar-refractivity contribution in [2.45, 2.75) is 44.1 Å². The molecular formula is C11H20O3S. The molecule has 0 saturated heterocycles. The number of carbonyl (C=O) groups excluding carboxylic acids is 1. The molecule has 88 valence electrons. The van der Waals surface area contributed by atoms with Crippen molar-refractivity contribution in [2.24, 2.45) is 0 Å². The van der Waals surface area contributed by atoms with E-state index in [9.17, 15) is 9.90 Å². The van der Waals surface area contributed by atoms with Gasteiger partial charge in [-0.15, -0.1) is 0 Å². The Morgan fingerprint density at radius 1 is 1.40 bits per heavy atom. The van der Waals surface area contributed by atoms with E-state index in [-0.39, 0.29) is 5.97 Å². The number of esters is 1. The maximum Gasteiger partial charge on any atom is 0.306 e. The average molecular weight is 232 g/mol. The standard InChI is InChI=1S/C11H20O3S/c1-14-10(12)5-8-15-9-11(13)6-3-2-4-7-11/h13H,2-9H2,1H3. The van der Waals surface area contributed by atoms with E-state index in [1.165, 1.54) is 13.5 Å². The van der Waals surface area contributed by atoms with Gasteiger partial charge in [0, 0.05) is 11.5 Å². The van der Waals surface area contributed by atoms with Crippen LogP contribution in [0.1, 0.15) is 38.5 Å². The second kappa shape index (κ2) is 6.38. The van der Waals surface area contributed by atoms with Crippen LogP contribution in [-0.2, 0) is 9.53 Å². The predicted octanol–water partition coefficient (Wildman–Crippen LogP) is 1.98. The summed E-state index contributed by atoms with van der Waals surface area (Å²) >= 11 is 1.65. The molecule has 1 aliphatic rings. The van der Waals surface area contributed by atoms with Gasteiger partial charge in [0.2, 0.25) is 0 Å². The van der Waals surface area contributed by atoms with Gasteiger partial charge in [0.15, 0.2) is 0 Å². The van der Waals surface area contributed by atoms with Crippen molar-refractivity contribution in [3.05, 3.63) is 0 Å². The van der Waals surface area contributed by atoms with Crippen LogP contribution in [-0.4, -0.2) is 35.3 Å². The molecule has 0 aromatic rings. The highest BCUT2D eigenvalue weighted by molar-refractivity contribution is 7.99. The highest BCUT2D eigenvalue weighted by Gasteiger charge is 2.28. The lowest BCUT2D eigenvalue weighted by molar-refractivity contribution is -0.140. The minimum absolute atomic E-state index is 0.168. The fourth-order valence-corrected chi connectivity index (χ4v) is 3.00. The number of methoxy groups -OCH3 is 1. The highest BCUT2D eigenvalue weighted by atomic mass is 32.2. The van der Waals surface area contributed by atoms with Crippen LogP contribution in [0.2, 0.25) is 0 Å². The molecule has 1 rings (SSSR count). The summed E-state index contributed by atoms with van der Waals surface area (Å²) in [6.07, 6.45) is 5.78. The van der Waals surface area contributed by atoms with Crippen molar-refractivity contribution in [2.75, 3.05) is 18.6 Å². The third kappa shape index (κ3) is 4.89. The summed E-state index contributed by atoms with van der Waals surface area (Å²) in [4.78, 5) is 10.8. The molecule has 1 aliphatic carbocycles. The number of hydrogen-bond acceptors (Lipinski definition) is 4. The van der Waals surface area contributed by atoms with Gasteiger partial charge in [-0.2, -0.15) is 11.8 Å². The number of ether oxygens (including phenoxy) is 1. The Morgan fingerprint density at radius 3 is 2.67 bits per heavy atom. The molecule has 1 saturated carbocycles. The van der Waals surface area contributed by atoms with E-state index in [0.717, 1.165) is 37.2 Å². The topological polar surface area (TPSA) is 46.5 Å². The Hall–Kier alpha value is -0.220. The number of aliphatic hydroxyl groups is 1. The highest BCUT2D eigenvalue weighted by Crippen LogP contribution is 2.31. The number of hydrogen-bond donors (Lipinski definition) is 1. The first-order chi connectivity index (χ1) is 7.16. The minimum Gasteiger partial charge on any atom is -0.469 e. The quantitative estimate of drug-likeness (QED) is 0.581. The fourth-order valence-electron chi connectivity index (χ4n) is 1.87. The van der Waals surface area contributed by atoms with Gasteiger partial charge in [-0.1, -0.05) is 19.3 Å². The van der Waals surface area contributed by atoms with Crippen LogP contribution in [0.4, 0.5) is 0 Å². The van der Waals surface area contributed by atoms with Crippen LogP contribution < -0.4 is 0 Å². The molecule has 1 N–H and O–H groups in total.